The normalized spacial score (nSPS) is 22.5. The molecule has 2 aliphatic carbocycles. The van der Waals surface area contributed by atoms with Crippen molar-refractivity contribution in [3.8, 4) is 0 Å². The Kier molecular flexibility index (Phi) is 3.04. The SMILES string of the molecule is NC1(c2cc(Br)c3c(c2)CCC3)CCCCC1. The zero-order valence-corrected chi connectivity index (χ0v) is 11.9. The molecule has 1 nitrogen and oxygen atoms in total. The Morgan fingerprint density at radius 3 is 2.53 bits per heavy atom. The molecule has 0 amide bonds. The second-order valence-electron chi connectivity index (χ2n) is 5.67. The number of aryl methyl sites for hydroxylation is 1. The van der Waals surface area contributed by atoms with Crippen molar-refractivity contribution in [1.29, 1.82) is 0 Å². The van der Waals surface area contributed by atoms with Crippen LogP contribution < -0.4 is 5.73 Å². The van der Waals surface area contributed by atoms with Gasteiger partial charge in [0.15, 0.2) is 0 Å². The van der Waals surface area contributed by atoms with E-state index in [2.05, 4.69) is 28.1 Å². The lowest BCUT2D eigenvalue weighted by atomic mass is 9.77. The van der Waals surface area contributed by atoms with Gasteiger partial charge in [-0.05, 0) is 54.9 Å². The molecule has 0 radical (unpaired) electrons. The Balaban J connectivity index is 2.00. The molecule has 0 aromatic heterocycles. The van der Waals surface area contributed by atoms with Crippen molar-refractivity contribution in [2.75, 3.05) is 0 Å². The summed E-state index contributed by atoms with van der Waals surface area (Å²) in [6.07, 6.45) is 9.98. The van der Waals surface area contributed by atoms with Crippen molar-refractivity contribution in [1.82, 2.24) is 0 Å². The van der Waals surface area contributed by atoms with Gasteiger partial charge in [-0.3, -0.25) is 0 Å². The second kappa shape index (κ2) is 4.40. The van der Waals surface area contributed by atoms with Crippen LogP contribution >= 0.6 is 15.9 Å². The van der Waals surface area contributed by atoms with E-state index in [1.807, 2.05) is 0 Å². The molecule has 1 aromatic rings. The summed E-state index contributed by atoms with van der Waals surface area (Å²) in [5, 5.41) is 0. The number of fused-ring (bicyclic) bond motifs is 1. The maximum Gasteiger partial charge on any atom is 0.0410 e. The van der Waals surface area contributed by atoms with Crippen LogP contribution in [0.1, 0.15) is 55.2 Å². The third-order valence-corrected chi connectivity index (χ3v) is 5.19. The van der Waals surface area contributed by atoms with Crippen molar-refractivity contribution in [2.24, 2.45) is 5.73 Å². The van der Waals surface area contributed by atoms with Crippen LogP contribution in [0, 0.1) is 0 Å². The average molecular weight is 294 g/mol. The molecule has 3 rings (SSSR count). The quantitative estimate of drug-likeness (QED) is 0.830. The molecule has 0 bridgehead atoms. The molecule has 2 aliphatic rings. The van der Waals surface area contributed by atoms with Crippen LogP contribution in [-0.2, 0) is 18.4 Å². The molecule has 0 saturated heterocycles. The minimum Gasteiger partial charge on any atom is -0.321 e. The fourth-order valence-corrected chi connectivity index (χ4v) is 4.11. The standard InChI is InChI=1S/C15H20BrN/c16-14-10-12(9-11-5-4-6-13(11)14)15(17)7-2-1-3-8-15/h9-10H,1-8,17H2. The van der Waals surface area contributed by atoms with Crippen molar-refractivity contribution < 1.29 is 0 Å². The Bertz CT molecular complexity index is 433. The number of hydrogen-bond acceptors (Lipinski definition) is 1. The summed E-state index contributed by atoms with van der Waals surface area (Å²) in [5.41, 5.74) is 11.0. The molecule has 2 heteroatoms. The molecular weight excluding hydrogens is 274 g/mol. The topological polar surface area (TPSA) is 26.0 Å². The predicted octanol–water partition coefficient (Wildman–Crippen LogP) is 4.06. The highest BCUT2D eigenvalue weighted by atomic mass is 79.9. The molecule has 0 unspecified atom stereocenters. The van der Waals surface area contributed by atoms with Crippen molar-refractivity contribution in [3.63, 3.8) is 0 Å². The first kappa shape index (κ1) is 11.7. The summed E-state index contributed by atoms with van der Waals surface area (Å²) in [5.74, 6) is 0. The molecule has 0 aliphatic heterocycles. The van der Waals surface area contributed by atoms with Crippen LogP contribution in [0.2, 0.25) is 0 Å². The Labute approximate surface area is 112 Å². The number of hydrogen-bond donors (Lipinski definition) is 1. The van der Waals surface area contributed by atoms with E-state index in [-0.39, 0.29) is 5.54 Å². The van der Waals surface area contributed by atoms with E-state index in [4.69, 9.17) is 5.73 Å². The lowest BCUT2D eigenvalue weighted by Crippen LogP contribution is -2.38. The molecule has 1 saturated carbocycles. The summed E-state index contributed by atoms with van der Waals surface area (Å²) in [7, 11) is 0. The maximum absolute atomic E-state index is 6.62. The van der Waals surface area contributed by atoms with Crippen LogP contribution in [0.15, 0.2) is 16.6 Å². The average Bonchev–Trinajstić information content (AvgIpc) is 2.78. The zero-order chi connectivity index (χ0) is 11.9. The minimum absolute atomic E-state index is 0.0572. The molecule has 0 atom stereocenters. The van der Waals surface area contributed by atoms with E-state index in [0.717, 1.165) is 12.8 Å². The first-order valence-electron chi connectivity index (χ1n) is 6.80. The maximum atomic E-state index is 6.62. The summed E-state index contributed by atoms with van der Waals surface area (Å²) < 4.78 is 1.29. The second-order valence-corrected chi connectivity index (χ2v) is 6.52. The van der Waals surface area contributed by atoms with E-state index < -0.39 is 0 Å². The summed E-state index contributed by atoms with van der Waals surface area (Å²) in [4.78, 5) is 0. The third kappa shape index (κ3) is 2.06. The van der Waals surface area contributed by atoms with Crippen LogP contribution in [0.4, 0.5) is 0 Å². The minimum atomic E-state index is -0.0572. The van der Waals surface area contributed by atoms with Gasteiger partial charge in [-0.15, -0.1) is 0 Å². The number of halogens is 1. The largest absolute Gasteiger partial charge is 0.321 e. The highest BCUT2D eigenvalue weighted by molar-refractivity contribution is 9.10. The lowest BCUT2D eigenvalue weighted by molar-refractivity contribution is 0.302. The molecular formula is C15H20BrN. The molecule has 92 valence electrons. The molecule has 1 aromatic carbocycles. The van der Waals surface area contributed by atoms with E-state index in [1.165, 1.54) is 59.7 Å². The molecule has 1 fully saturated rings. The van der Waals surface area contributed by atoms with E-state index >= 15 is 0 Å². The molecule has 0 spiro atoms. The number of rotatable bonds is 1. The van der Waals surface area contributed by atoms with Gasteiger partial charge in [0.1, 0.15) is 0 Å². The fourth-order valence-electron chi connectivity index (χ4n) is 3.41. The molecule has 0 heterocycles. The van der Waals surface area contributed by atoms with Gasteiger partial charge in [-0.25, -0.2) is 0 Å². The van der Waals surface area contributed by atoms with Crippen LogP contribution in [0.5, 0.6) is 0 Å². The first-order valence-corrected chi connectivity index (χ1v) is 7.59. The fraction of sp³-hybridized carbons (Fsp3) is 0.600. The van der Waals surface area contributed by atoms with Gasteiger partial charge < -0.3 is 5.73 Å². The highest BCUT2D eigenvalue weighted by Crippen LogP contribution is 2.39. The van der Waals surface area contributed by atoms with E-state index in [0.29, 0.717) is 0 Å². The smallest absolute Gasteiger partial charge is 0.0410 e. The summed E-state index contributed by atoms with van der Waals surface area (Å²) in [6, 6.07) is 4.67. The Hall–Kier alpha value is -0.340. The van der Waals surface area contributed by atoms with Gasteiger partial charge in [0, 0.05) is 10.0 Å². The van der Waals surface area contributed by atoms with Gasteiger partial charge in [0.05, 0.1) is 0 Å². The molecule has 17 heavy (non-hydrogen) atoms. The Morgan fingerprint density at radius 2 is 1.76 bits per heavy atom. The van der Waals surface area contributed by atoms with Crippen molar-refractivity contribution in [3.05, 3.63) is 33.3 Å². The van der Waals surface area contributed by atoms with Crippen LogP contribution in [0.3, 0.4) is 0 Å². The van der Waals surface area contributed by atoms with Gasteiger partial charge in [-0.1, -0.05) is 41.3 Å². The first-order chi connectivity index (χ1) is 8.19. The van der Waals surface area contributed by atoms with Gasteiger partial charge >= 0.3 is 0 Å². The van der Waals surface area contributed by atoms with Crippen molar-refractivity contribution in [2.45, 2.75) is 56.9 Å². The van der Waals surface area contributed by atoms with Crippen LogP contribution in [0.25, 0.3) is 0 Å². The Morgan fingerprint density at radius 1 is 1.00 bits per heavy atom. The highest BCUT2D eigenvalue weighted by Gasteiger charge is 2.30. The third-order valence-electron chi connectivity index (χ3n) is 4.48. The summed E-state index contributed by atoms with van der Waals surface area (Å²) >= 11 is 3.73. The van der Waals surface area contributed by atoms with Gasteiger partial charge in [0.25, 0.3) is 0 Å². The predicted molar refractivity (Wildman–Crippen MR) is 75.1 cm³/mol. The van der Waals surface area contributed by atoms with E-state index in [1.54, 1.807) is 0 Å². The van der Waals surface area contributed by atoms with Crippen LogP contribution in [-0.4, -0.2) is 0 Å². The monoisotopic (exact) mass is 293 g/mol. The summed E-state index contributed by atoms with van der Waals surface area (Å²) in [6.45, 7) is 0. The lowest BCUT2D eigenvalue weighted by Gasteiger charge is -2.34. The van der Waals surface area contributed by atoms with Crippen molar-refractivity contribution >= 4 is 15.9 Å². The molecule has 2 N–H and O–H groups in total. The zero-order valence-electron chi connectivity index (χ0n) is 10.3. The van der Waals surface area contributed by atoms with E-state index in [9.17, 15) is 0 Å². The van der Waals surface area contributed by atoms with Gasteiger partial charge in [0.2, 0.25) is 0 Å². The van der Waals surface area contributed by atoms with Gasteiger partial charge in [-0.2, -0.15) is 0 Å². The number of benzene rings is 1. The number of nitrogens with two attached hydrogens (primary N) is 1.